The monoisotopic (exact) mass is 293 g/mol. The van der Waals surface area contributed by atoms with Crippen molar-refractivity contribution in [2.45, 2.75) is 33.5 Å². The second kappa shape index (κ2) is 7.46. The Morgan fingerprint density at radius 2 is 2.00 bits per heavy atom. The van der Waals surface area contributed by atoms with Crippen LogP contribution in [0.4, 0.5) is 0 Å². The van der Waals surface area contributed by atoms with Gasteiger partial charge < -0.3 is 4.74 Å². The Labute approximate surface area is 125 Å². The van der Waals surface area contributed by atoms with E-state index in [1.165, 1.54) is 5.56 Å². The molecule has 108 valence electrons. The molecule has 0 N–H and O–H groups in total. The van der Waals surface area contributed by atoms with Gasteiger partial charge in [-0.15, -0.1) is 0 Å². The molecule has 0 saturated heterocycles. The van der Waals surface area contributed by atoms with Gasteiger partial charge in [-0.1, -0.05) is 37.6 Å². The van der Waals surface area contributed by atoms with Gasteiger partial charge in [-0.2, -0.15) is 0 Å². The van der Waals surface area contributed by atoms with E-state index in [1.54, 1.807) is 0 Å². The van der Waals surface area contributed by atoms with Crippen molar-refractivity contribution in [3.63, 3.8) is 0 Å². The van der Waals surface area contributed by atoms with E-state index < -0.39 is 0 Å². The molecular formula is C16H22ClN2O+. The summed E-state index contributed by atoms with van der Waals surface area (Å²) >= 11 is 5.88. The van der Waals surface area contributed by atoms with Crippen LogP contribution >= 0.6 is 11.6 Å². The van der Waals surface area contributed by atoms with Gasteiger partial charge in [-0.05, 0) is 30.0 Å². The van der Waals surface area contributed by atoms with Crippen molar-refractivity contribution in [1.29, 1.82) is 0 Å². The summed E-state index contributed by atoms with van der Waals surface area (Å²) in [6.45, 7) is 6.68. The third kappa shape index (κ3) is 4.99. The van der Waals surface area contributed by atoms with Crippen LogP contribution in [-0.4, -0.2) is 11.2 Å². The molecule has 0 aliphatic rings. The highest BCUT2D eigenvalue weighted by Gasteiger charge is 2.05. The summed E-state index contributed by atoms with van der Waals surface area (Å²) in [5.74, 6) is 0.689. The van der Waals surface area contributed by atoms with Crippen molar-refractivity contribution >= 4 is 11.6 Å². The van der Waals surface area contributed by atoms with Crippen molar-refractivity contribution in [3.8, 4) is 0 Å². The first kappa shape index (κ1) is 15.1. The fraction of sp³-hybridized carbons (Fsp3) is 0.438. The fourth-order valence-corrected chi connectivity index (χ4v) is 2.02. The fourth-order valence-electron chi connectivity index (χ4n) is 1.90. The van der Waals surface area contributed by atoms with E-state index in [2.05, 4.69) is 35.5 Å². The van der Waals surface area contributed by atoms with E-state index in [-0.39, 0.29) is 0 Å². The molecule has 0 fully saturated rings. The first-order valence-corrected chi connectivity index (χ1v) is 7.38. The minimum atomic E-state index is 0.611. The van der Waals surface area contributed by atoms with Gasteiger partial charge in [0.25, 0.3) is 0 Å². The van der Waals surface area contributed by atoms with Crippen LogP contribution in [0.2, 0.25) is 5.02 Å². The van der Waals surface area contributed by atoms with Gasteiger partial charge >= 0.3 is 0 Å². The van der Waals surface area contributed by atoms with E-state index in [0.717, 1.165) is 24.6 Å². The number of ether oxygens (including phenoxy) is 1. The lowest BCUT2D eigenvalue weighted by Gasteiger charge is -2.03. The Morgan fingerprint density at radius 3 is 2.70 bits per heavy atom. The Hall–Kier alpha value is -1.32. The maximum atomic E-state index is 5.88. The van der Waals surface area contributed by atoms with E-state index in [4.69, 9.17) is 16.3 Å². The SMILES string of the molecule is CC(C)CCOCn1cc[n+](Cc2ccc(Cl)cc2)c1. The van der Waals surface area contributed by atoms with E-state index in [9.17, 15) is 0 Å². The lowest BCUT2D eigenvalue weighted by Crippen LogP contribution is -2.31. The van der Waals surface area contributed by atoms with Gasteiger partial charge in [-0.3, -0.25) is 0 Å². The zero-order chi connectivity index (χ0) is 14.4. The van der Waals surface area contributed by atoms with Crippen LogP contribution in [0.15, 0.2) is 43.0 Å². The van der Waals surface area contributed by atoms with Gasteiger partial charge in [0.2, 0.25) is 6.33 Å². The summed E-state index contributed by atoms with van der Waals surface area (Å²) in [7, 11) is 0. The minimum absolute atomic E-state index is 0.611. The number of rotatable bonds is 7. The quantitative estimate of drug-likeness (QED) is 0.564. The van der Waals surface area contributed by atoms with Crippen LogP contribution in [0.25, 0.3) is 0 Å². The summed E-state index contributed by atoms with van der Waals surface area (Å²) in [4.78, 5) is 0. The van der Waals surface area contributed by atoms with Crippen LogP contribution in [0, 0.1) is 5.92 Å². The molecule has 0 atom stereocenters. The third-order valence-electron chi connectivity index (χ3n) is 3.10. The second-order valence-electron chi connectivity index (χ2n) is 5.45. The van der Waals surface area contributed by atoms with Crippen molar-refractivity contribution in [2.24, 2.45) is 5.92 Å². The normalized spacial score (nSPS) is 11.2. The molecule has 4 heteroatoms. The molecule has 0 unspecified atom stereocenters. The number of hydrogen-bond acceptors (Lipinski definition) is 1. The molecule has 0 bridgehead atoms. The molecule has 20 heavy (non-hydrogen) atoms. The predicted molar refractivity (Wildman–Crippen MR) is 80.6 cm³/mol. The molecule has 1 heterocycles. The summed E-state index contributed by atoms with van der Waals surface area (Å²) in [6.07, 6.45) is 7.25. The Morgan fingerprint density at radius 1 is 1.25 bits per heavy atom. The lowest BCUT2D eigenvalue weighted by molar-refractivity contribution is -0.688. The zero-order valence-electron chi connectivity index (χ0n) is 12.1. The first-order chi connectivity index (χ1) is 9.63. The Kier molecular flexibility index (Phi) is 5.62. The molecule has 0 saturated carbocycles. The number of halogens is 1. The van der Waals surface area contributed by atoms with Crippen LogP contribution < -0.4 is 4.57 Å². The second-order valence-corrected chi connectivity index (χ2v) is 5.88. The average Bonchev–Trinajstić information content (AvgIpc) is 2.85. The van der Waals surface area contributed by atoms with E-state index in [1.807, 2.05) is 30.5 Å². The van der Waals surface area contributed by atoms with Crippen LogP contribution in [0.1, 0.15) is 25.8 Å². The molecule has 2 aromatic rings. The number of nitrogens with zero attached hydrogens (tertiary/aromatic N) is 2. The van der Waals surface area contributed by atoms with Crippen LogP contribution in [0.5, 0.6) is 0 Å². The Balaban J connectivity index is 1.81. The van der Waals surface area contributed by atoms with Crippen molar-refractivity contribution in [3.05, 3.63) is 53.6 Å². The summed E-state index contributed by atoms with van der Waals surface area (Å²) in [5.41, 5.74) is 1.23. The highest BCUT2D eigenvalue weighted by molar-refractivity contribution is 6.30. The van der Waals surface area contributed by atoms with Crippen LogP contribution in [0.3, 0.4) is 0 Å². The zero-order valence-corrected chi connectivity index (χ0v) is 12.9. The average molecular weight is 294 g/mol. The van der Waals surface area contributed by atoms with Gasteiger partial charge in [0.05, 0.1) is 6.61 Å². The first-order valence-electron chi connectivity index (χ1n) is 7.00. The molecule has 0 aliphatic heterocycles. The molecule has 0 aliphatic carbocycles. The third-order valence-corrected chi connectivity index (χ3v) is 3.36. The largest absolute Gasteiger partial charge is 0.342 e. The lowest BCUT2D eigenvalue weighted by atomic mass is 10.1. The maximum absolute atomic E-state index is 5.88. The molecule has 1 aromatic carbocycles. The smallest absolute Gasteiger partial charge is 0.245 e. The van der Waals surface area contributed by atoms with Crippen molar-refractivity contribution in [2.75, 3.05) is 6.61 Å². The molecule has 1 aromatic heterocycles. The molecule has 3 nitrogen and oxygen atoms in total. The summed E-state index contributed by atoms with van der Waals surface area (Å²) < 4.78 is 9.83. The predicted octanol–water partition coefficient (Wildman–Crippen LogP) is 3.50. The summed E-state index contributed by atoms with van der Waals surface area (Å²) in [5, 5.41) is 0.773. The minimum Gasteiger partial charge on any atom is -0.342 e. The molecule has 0 radical (unpaired) electrons. The standard InChI is InChI=1S/C16H22ClN2O/c1-14(2)7-10-20-13-19-9-8-18(12-19)11-15-3-5-16(17)6-4-15/h3-6,8-9,12,14H,7,10-11,13H2,1-2H3/q+1. The number of benzene rings is 1. The number of imidazole rings is 1. The van der Waals surface area contributed by atoms with Gasteiger partial charge in [-0.25, -0.2) is 9.13 Å². The molecule has 2 rings (SSSR count). The maximum Gasteiger partial charge on any atom is 0.245 e. The molecule has 0 spiro atoms. The Bertz CT molecular complexity index is 520. The van der Waals surface area contributed by atoms with Gasteiger partial charge in [0, 0.05) is 5.02 Å². The molecule has 0 amide bonds. The van der Waals surface area contributed by atoms with Crippen molar-refractivity contribution < 1.29 is 9.30 Å². The van der Waals surface area contributed by atoms with E-state index >= 15 is 0 Å². The topological polar surface area (TPSA) is 18.0 Å². The number of aromatic nitrogens is 2. The van der Waals surface area contributed by atoms with Crippen molar-refractivity contribution in [1.82, 2.24) is 4.57 Å². The summed E-state index contributed by atoms with van der Waals surface area (Å²) in [6, 6.07) is 7.94. The van der Waals surface area contributed by atoms with Gasteiger partial charge in [0.15, 0.2) is 6.73 Å². The van der Waals surface area contributed by atoms with Gasteiger partial charge in [0.1, 0.15) is 18.9 Å². The number of hydrogen-bond donors (Lipinski definition) is 0. The van der Waals surface area contributed by atoms with E-state index in [0.29, 0.717) is 12.6 Å². The highest BCUT2D eigenvalue weighted by Crippen LogP contribution is 2.09. The highest BCUT2D eigenvalue weighted by atomic mass is 35.5. The van der Waals surface area contributed by atoms with Crippen LogP contribution in [-0.2, 0) is 18.0 Å². The molecular weight excluding hydrogens is 272 g/mol.